The van der Waals surface area contributed by atoms with Crippen LogP contribution in [0, 0.1) is 5.41 Å². The van der Waals surface area contributed by atoms with Crippen molar-refractivity contribution in [3.05, 3.63) is 35.9 Å². The zero-order valence-electron chi connectivity index (χ0n) is 10.2. The van der Waals surface area contributed by atoms with E-state index in [-0.39, 0.29) is 12.5 Å². The Hall–Kier alpha value is -1.35. The van der Waals surface area contributed by atoms with Crippen LogP contribution in [0.2, 0.25) is 0 Å². The van der Waals surface area contributed by atoms with Crippen LogP contribution in [-0.2, 0) is 11.3 Å². The van der Waals surface area contributed by atoms with Crippen molar-refractivity contribution in [2.75, 3.05) is 13.2 Å². The second-order valence-electron chi connectivity index (χ2n) is 4.74. The van der Waals surface area contributed by atoms with Crippen molar-refractivity contribution in [2.45, 2.75) is 26.3 Å². The summed E-state index contributed by atoms with van der Waals surface area (Å²) in [7, 11) is 0. The molecule has 0 saturated heterocycles. The first-order chi connectivity index (χ1) is 8.22. The summed E-state index contributed by atoms with van der Waals surface area (Å²) in [6.45, 7) is 3.29. The fraction of sp³-hybridized carbons (Fsp3) is 0.500. The molecule has 0 aliphatic heterocycles. The van der Waals surface area contributed by atoms with Crippen LogP contribution in [0.25, 0.3) is 0 Å². The van der Waals surface area contributed by atoms with Gasteiger partial charge in [-0.05, 0) is 25.3 Å². The SMILES string of the molecule is CCN(Cc1ccccc1)C(=O)C1(CO)CC1. The third-order valence-corrected chi connectivity index (χ3v) is 3.50. The fourth-order valence-electron chi connectivity index (χ4n) is 2.06. The van der Waals surface area contributed by atoms with E-state index >= 15 is 0 Å². The number of amides is 1. The minimum atomic E-state index is -0.454. The highest BCUT2D eigenvalue weighted by molar-refractivity contribution is 5.85. The van der Waals surface area contributed by atoms with Crippen LogP contribution < -0.4 is 0 Å². The van der Waals surface area contributed by atoms with E-state index in [1.165, 1.54) is 0 Å². The molecule has 0 heterocycles. The quantitative estimate of drug-likeness (QED) is 0.842. The van der Waals surface area contributed by atoms with Crippen molar-refractivity contribution in [3.63, 3.8) is 0 Å². The van der Waals surface area contributed by atoms with Gasteiger partial charge < -0.3 is 10.0 Å². The van der Waals surface area contributed by atoms with Gasteiger partial charge in [0.25, 0.3) is 0 Å². The van der Waals surface area contributed by atoms with Gasteiger partial charge in [0.2, 0.25) is 5.91 Å². The Balaban J connectivity index is 2.05. The molecule has 2 rings (SSSR count). The lowest BCUT2D eigenvalue weighted by Gasteiger charge is -2.25. The molecule has 3 heteroatoms. The molecule has 17 heavy (non-hydrogen) atoms. The molecule has 0 spiro atoms. The van der Waals surface area contributed by atoms with Gasteiger partial charge in [-0.3, -0.25) is 4.79 Å². The van der Waals surface area contributed by atoms with Gasteiger partial charge >= 0.3 is 0 Å². The summed E-state index contributed by atoms with van der Waals surface area (Å²) < 4.78 is 0. The van der Waals surface area contributed by atoms with Crippen LogP contribution in [0.1, 0.15) is 25.3 Å². The number of benzene rings is 1. The molecule has 1 amide bonds. The predicted molar refractivity (Wildman–Crippen MR) is 66.3 cm³/mol. The van der Waals surface area contributed by atoms with Gasteiger partial charge in [-0.1, -0.05) is 30.3 Å². The second-order valence-corrected chi connectivity index (χ2v) is 4.74. The van der Waals surface area contributed by atoms with Crippen LogP contribution in [-0.4, -0.2) is 29.1 Å². The number of hydrogen-bond donors (Lipinski definition) is 1. The molecule has 0 bridgehead atoms. The molecule has 1 aromatic carbocycles. The summed E-state index contributed by atoms with van der Waals surface area (Å²) in [5.74, 6) is 0.103. The molecule has 0 radical (unpaired) electrons. The van der Waals surface area contributed by atoms with E-state index in [1.54, 1.807) is 0 Å². The lowest BCUT2D eigenvalue weighted by atomic mass is 10.1. The highest BCUT2D eigenvalue weighted by atomic mass is 16.3. The first-order valence-electron chi connectivity index (χ1n) is 6.16. The Labute approximate surface area is 102 Å². The van der Waals surface area contributed by atoms with E-state index in [0.717, 1.165) is 18.4 Å². The van der Waals surface area contributed by atoms with E-state index in [2.05, 4.69) is 0 Å². The molecule has 1 fully saturated rings. The summed E-state index contributed by atoms with van der Waals surface area (Å²) in [6, 6.07) is 9.97. The van der Waals surface area contributed by atoms with E-state index in [1.807, 2.05) is 42.2 Å². The van der Waals surface area contributed by atoms with Crippen molar-refractivity contribution in [3.8, 4) is 0 Å². The summed E-state index contributed by atoms with van der Waals surface area (Å²) in [4.78, 5) is 14.1. The molecule has 1 saturated carbocycles. The number of carbonyl (C=O) groups is 1. The molecule has 0 aromatic heterocycles. The van der Waals surface area contributed by atoms with Gasteiger partial charge in [-0.25, -0.2) is 0 Å². The van der Waals surface area contributed by atoms with Crippen molar-refractivity contribution >= 4 is 5.91 Å². The molecule has 92 valence electrons. The van der Waals surface area contributed by atoms with Gasteiger partial charge in [0.05, 0.1) is 12.0 Å². The maximum Gasteiger partial charge on any atom is 0.231 e. The van der Waals surface area contributed by atoms with Crippen LogP contribution in [0.15, 0.2) is 30.3 Å². The van der Waals surface area contributed by atoms with E-state index in [9.17, 15) is 9.90 Å². The summed E-state index contributed by atoms with van der Waals surface area (Å²) in [5, 5.41) is 9.29. The van der Waals surface area contributed by atoms with Gasteiger partial charge in [0.15, 0.2) is 0 Å². The molecule has 3 nitrogen and oxygen atoms in total. The average Bonchev–Trinajstić information content (AvgIpc) is 3.17. The van der Waals surface area contributed by atoms with Crippen LogP contribution in [0.5, 0.6) is 0 Å². The zero-order chi connectivity index (χ0) is 12.3. The molecule has 0 unspecified atom stereocenters. The maximum atomic E-state index is 12.3. The highest BCUT2D eigenvalue weighted by Gasteiger charge is 2.50. The maximum absolute atomic E-state index is 12.3. The molecule has 1 aliphatic carbocycles. The number of hydrogen-bond acceptors (Lipinski definition) is 2. The Morgan fingerprint density at radius 1 is 1.35 bits per heavy atom. The first kappa shape index (κ1) is 12.1. The monoisotopic (exact) mass is 233 g/mol. The molecule has 1 aromatic rings. The van der Waals surface area contributed by atoms with Crippen LogP contribution in [0.4, 0.5) is 0 Å². The molecular formula is C14H19NO2. The summed E-state index contributed by atoms with van der Waals surface area (Å²) >= 11 is 0. The zero-order valence-corrected chi connectivity index (χ0v) is 10.2. The molecule has 1 N–H and O–H groups in total. The minimum absolute atomic E-state index is 0.0167. The average molecular weight is 233 g/mol. The normalized spacial score (nSPS) is 16.6. The van der Waals surface area contributed by atoms with Gasteiger partial charge in [0, 0.05) is 13.1 Å². The van der Waals surface area contributed by atoms with E-state index in [4.69, 9.17) is 0 Å². The standard InChI is InChI=1S/C14H19NO2/c1-2-15(10-12-6-4-3-5-7-12)13(17)14(11-16)8-9-14/h3-7,16H,2,8-11H2,1H3. The predicted octanol–water partition coefficient (Wildman–Crippen LogP) is 1.81. The van der Waals surface area contributed by atoms with Crippen molar-refractivity contribution in [1.82, 2.24) is 4.90 Å². The molecule has 0 atom stereocenters. The van der Waals surface area contributed by atoms with Crippen molar-refractivity contribution in [1.29, 1.82) is 0 Å². The van der Waals surface area contributed by atoms with Crippen molar-refractivity contribution in [2.24, 2.45) is 5.41 Å². The number of aliphatic hydroxyl groups excluding tert-OH is 1. The summed E-state index contributed by atoms with van der Waals surface area (Å²) in [6.07, 6.45) is 1.65. The largest absolute Gasteiger partial charge is 0.395 e. The van der Waals surface area contributed by atoms with Crippen LogP contribution >= 0.6 is 0 Å². The van der Waals surface area contributed by atoms with Gasteiger partial charge in [-0.2, -0.15) is 0 Å². The number of aliphatic hydroxyl groups is 1. The first-order valence-corrected chi connectivity index (χ1v) is 6.16. The second kappa shape index (κ2) is 4.88. The Morgan fingerprint density at radius 3 is 2.47 bits per heavy atom. The topological polar surface area (TPSA) is 40.5 Å². The lowest BCUT2D eigenvalue weighted by Crippen LogP contribution is -2.38. The molecular weight excluding hydrogens is 214 g/mol. The third kappa shape index (κ3) is 2.50. The Bertz CT molecular complexity index is 384. The molecule has 1 aliphatic rings. The van der Waals surface area contributed by atoms with Gasteiger partial charge in [-0.15, -0.1) is 0 Å². The summed E-state index contributed by atoms with van der Waals surface area (Å²) in [5.41, 5.74) is 0.682. The van der Waals surface area contributed by atoms with E-state index < -0.39 is 5.41 Å². The van der Waals surface area contributed by atoms with E-state index in [0.29, 0.717) is 13.1 Å². The van der Waals surface area contributed by atoms with Crippen LogP contribution in [0.3, 0.4) is 0 Å². The lowest BCUT2D eigenvalue weighted by molar-refractivity contribution is -0.139. The number of carbonyl (C=O) groups excluding carboxylic acids is 1. The smallest absolute Gasteiger partial charge is 0.231 e. The third-order valence-electron chi connectivity index (χ3n) is 3.50. The minimum Gasteiger partial charge on any atom is -0.395 e. The number of nitrogens with zero attached hydrogens (tertiary/aromatic N) is 1. The Morgan fingerprint density at radius 2 is 2.00 bits per heavy atom. The van der Waals surface area contributed by atoms with Crippen molar-refractivity contribution < 1.29 is 9.90 Å². The van der Waals surface area contributed by atoms with Gasteiger partial charge in [0.1, 0.15) is 0 Å². The fourth-order valence-corrected chi connectivity index (χ4v) is 2.06. The Kier molecular flexibility index (Phi) is 3.48. The number of rotatable bonds is 5. The highest BCUT2D eigenvalue weighted by Crippen LogP contribution is 2.46.